The van der Waals surface area contributed by atoms with Crippen LogP contribution in [0.5, 0.6) is 0 Å². The molecule has 1 N–H and O–H groups in total. The smallest absolute Gasteiger partial charge is 0.0567 e. The first-order valence-corrected chi connectivity index (χ1v) is 5.90. The zero-order chi connectivity index (χ0) is 9.84. The molecular formula is C10H18BrNO. The summed E-state index contributed by atoms with van der Waals surface area (Å²) in [4.78, 5) is 2.39. The molecule has 1 saturated heterocycles. The van der Waals surface area contributed by atoms with Crippen molar-refractivity contribution >= 4 is 15.9 Å². The van der Waals surface area contributed by atoms with Gasteiger partial charge in [0.15, 0.2) is 0 Å². The van der Waals surface area contributed by atoms with Gasteiger partial charge in [-0.15, -0.1) is 0 Å². The summed E-state index contributed by atoms with van der Waals surface area (Å²) >= 11 is 3.40. The molecule has 0 bridgehead atoms. The molecule has 0 radical (unpaired) electrons. The van der Waals surface area contributed by atoms with Crippen molar-refractivity contribution in [1.82, 2.24) is 4.90 Å². The van der Waals surface area contributed by atoms with E-state index >= 15 is 0 Å². The van der Waals surface area contributed by atoms with Crippen LogP contribution in [0.15, 0.2) is 12.2 Å². The minimum absolute atomic E-state index is 0.0940. The summed E-state index contributed by atoms with van der Waals surface area (Å²) < 4.78 is 0. The number of halogens is 1. The lowest BCUT2D eigenvalue weighted by Crippen LogP contribution is -2.43. The summed E-state index contributed by atoms with van der Waals surface area (Å²) in [6.45, 7) is 8.09. The number of nitrogens with zero attached hydrogens (tertiary/aromatic N) is 1. The fourth-order valence-electron chi connectivity index (χ4n) is 1.76. The van der Waals surface area contributed by atoms with Gasteiger partial charge in [-0.1, -0.05) is 28.1 Å². The molecule has 1 aliphatic rings. The van der Waals surface area contributed by atoms with E-state index in [0.29, 0.717) is 6.04 Å². The van der Waals surface area contributed by atoms with Crippen molar-refractivity contribution in [2.75, 3.05) is 18.4 Å². The van der Waals surface area contributed by atoms with E-state index in [4.69, 9.17) is 0 Å². The van der Waals surface area contributed by atoms with Gasteiger partial charge in [-0.2, -0.15) is 0 Å². The van der Waals surface area contributed by atoms with Gasteiger partial charge in [-0.25, -0.2) is 0 Å². The molecule has 3 heteroatoms. The van der Waals surface area contributed by atoms with Gasteiger partial charge in [-0.3, -0.25) is 4.90 Å². The lowest BCUT2D eigenvalue weighted by molar-refractivity contribution is 0.0535. The van der Waals surface area contributed by atoms with Crippen LogP contribution in [-0.2, 0) is 0 Å². The molecule has 1 aliphatic heterocycles. The molecule has 1 heterocycles. The van der Waals surface area contributed by atoms with E-state index in [0.717, 1.165) is 31.3 Å². The molecule has 1 fully saturated rings. The Kier molecular flexibility index (Phi) is 4.42. The lowest BCUT2D eigenvalue weighted by atomic mass is 10.0. The Bertz CT molecular complexity index is 184. The molecule has 0 aromatic heterocycles. The Balaban J connectivity index is 2.38. The van der Waals surface area contributed by atoms with Gasteiger partial charge < -0.3 is 5.11 Å². The predicted molar refractivity (Wildman–Crippen MR) is 59.2 cm³/mol. The van der Waals surface area contributed by atoms with E-state index in [1.807, 2.05) is 0 Å². The van der Waals surface area contributed by atoms with Gasteiger partial charge in [-0.05, 0) is 19.8 Å². The Hall–Kier alpha value is 0.140. The number of hydrogen-bond donors (Lipinski definition) is 1. The third-order valence-corrected chi connectivity index (χ3v) is 3.39. The normalized spacial score (nSPS) is 30.4. The second-order valence-electron chi connectivity index (χ2n) is 3.88. The highest BCUT2D eigenvalue weighted by atomic mass is 79.9. The fourth-order valence-corrected chi connectivity index (χ4v) is 1.94. The molecule has 1 rings (SSSR count). The third-order valence-electron chi connectivity index (χ3n) is 2.60. The molecule has 2 atom stereocenters. The highest BCUT2D eigenvalue weighted by molar-refractivity contribution is 9.09. The number of piperidine rings is 1. The van der Waals surface area contributed by atoms with Gasteiger partial charge in [0.05, 0.1) is 6.10 Å². The van der Waals surface area contributed by atoms with Crippen LogP contribution < -0.4 is 0 Å². The standard InChI is InChI=1S/C10H18BrNO/c1-8(6-11)7-12-4-3-10(13)5-9(12)2/h9-10,13H,1,3-7H2,2H3. The van der Waals surface area contributed by atoms with Crippen molar-refractivity contribution in [3.63, 3.8) is 0 Å². The lowest BCUT2D eigenvalue weighted by Gasteiger charge is -2.36. The molecule has 13 heavy (non-hydrogen) atoms. The summed E-state index contributed by atoms with van der Waals surface area (Å²) in [6, 6.07) is 0.486. The number of rotatable bonds is 3. The Morgan fingerprint density at radius 2 is 2.38 bits per heavy atom. The largest absolute Gasteiger partial charge is 0.393 e. The van der Waals surface area contributed by atoms with Crippen LogP contribution in [0.4, 0.5) is 0 Å². The zero-order valence-electron chi connectivity index (χ0n) is 8.17. The van der Waals surface area contributed by atoms with E-state index in [2.05, 4.69) is 34.3 Å². The number of aliphatic hydroxyl groups is 1. The average molecular weight is 248 g/mol. The molecule has 0 aliphatic carbocycles. The van der Waals surface area contributed by atoms with Crippen LogP contribution in [0.25, 0.3) is 0 Å². The molecule has 0 spiro atoms. The van der Waals surface area contributed by atoms with Crippen molar-refractivity contribution in [3.8, 4) is 0 Å². The molecule has 0 saturated carbocycles. The SMILES string of the molecule is C=C(CBr)CN1CCC(O)CC1C. The minimum atomic E-state index is -0.0940. The zero-order valence-corrected chi connectivity index (χ0v) is 9.76. The van der Waals surface area contributed by atoms with E-state index < -0.39 is 0 Å². The molecule has 0 aromatic rings. The molecule has 76 valence electrons. The van der Waals surface area contributed by atoms with Gasteiger partial charge in [0.2, 0.25) is 0 Å². The predicted octanol–water partition coefficient (Wildman–Crippen LogP) is 1.78. The Labute approximate surface area is 88.7 Å². The highest BCUT2D eigenvalue weighted by Crippen LogP contribution is 2.18. The maximum absolute atomic E-state index is 9.43. The van der Waals surface area contributed by atoms with Crippen LogP contribution >= 0.6 is 15.9 Å². The van der Waals surface area contributed by atoms with Crippen molar-refractivity contribution in [2.45, 2.75) is 31.9 Å². The number of alkyl halides is 1. The van der Waals surface area contributed by atoms with E-state index in [9.17, 15) is 5.11 Å². The first-order valence-electron chi connectivity index (χ1n) is 4.78. The van der Waals surface area contributed by atoms with Gasteiger partial charge in [0.25, 0.3) is 0 Å². The first-order chi connectivity index (χ1) is 6.13. The molecular weight excluding hydrogens is 230 g/mol. The van der Waals surface area contributed by atoms with E-state index in [1.165, 1.54) is 5.57 Å². The second-order valence-corrected chi connectivity index (χ2v) is 4.44. The monoisotopic (exact) mass is 247 g/mol. The van der Waals surface area contributed by atoms with E-state index in [-0.39, 0.29) is 6.10 Å². The molecule has 2 unspecified atom stereocenters. The highest BCUT2D eigenvalue weighted by Gasteiger charge is 2.23. The van der Waals surface area contributed by atoms with Crippen molar-refractivity contribution in [1.29, 1.82) is 0 Å². The molecule has 0 amide bonds. The third kappa shape index (κ3) is 3.41. The van der Waals surface area contributed by atoms with Crippen LogP contribution in [0.2, 0.25) is 0 Å². The van der Waals surface area contributed by atoms with Gasteiger partial charge in [0.1, 0.15) is 0 Å². The summed E-state index contributed by atoms with van der Waals surface area (Å²) in [6.07, 6.45) is 1.71. The second kappa shape index (κ2) is 5.13. The average Bonchev–Trinajstić information content (AvgIpc) is 2.09. The Morgan fingerprint density at radius 1 is 1.69 bits per heavy atom. The summed E-state index contributed by atoms with van der Waals surface area (Å²) in [5, 5.41) is 10.3. The summed E-state index contributed by atoms with van der Waals surface area (Å²) in [7, 11) is 0. The topological polar surface area (TPSA) is 23.5 Å². The minimum Gasteiger partial charge on any atom is -0.393 e. The van der Waals surface area contributed by atoms with E-state index in [1.54, 1.807) is 0 Å². The maximum Gasteiger partial charge on any atom is 0.0567 e. The van der Waals surface area contributed by atoms with Gasteiger partial charge >= 0.3 is 0 Å². The van der Waals surface area contributed by atoms with Crippen LogP contribution in [0.1, 0.15) is 19.8 Å². The molecule has 0 aromatic carbocycles. The van der Waals surface area contributed by atoms with Crippen LogP contribution in [0, 0.1) is 0 Å². The van der Waals surface area contributed by atoms with Crippen LogP contribution in [-0.4, -0.2) is 40.6 Å². The summed E-state index contributed by atoms with van der Waals surface area (Å²) in [5.74, 6) is 0. The fraction of sp³-hybridized carbons (Fsp3) is 0.800. The van der Waals surface area contributed by atoms with Crippen LogP contribution in [0.3, 0.4) is 0 Å². The van der Waals surface area contributed by atoms with Gasteiger partial charge in [0, 0.05) is 24.5 Å². The number of hydrogen-bond acceptors (Lipinski definition) is 2. The van der Waals surface area contributed by atoms with Crippen molar-refractivity contribution in [2.24, 2.45) is 0 Å². The summed E-state index contributed by atoms with van der Waals surface area (Å²) in [5.41, 5.74) is 1.21. The number of aliphatic hydroxyl groups excluding tert-OH is 1. The first kappa shape index (κ1) is 11.2. The van der Waals surface area contributed by atoms with Crippen molar-refractivity contribution in [3.05, 3.63) is 12.2 Å². The number of likely N-dealkylation sites (tertiary alicyclic amines) is 1. The quantitative estimate of drug-likeness (QED) is 0.608. The van der Waals surface area contributed by atoms with Crippen molar-refractivity contribution < 1.29 is 5.11 Å². The molecule has 2 nitrogen and oxygen atoms in total. The maximum atomic E-state index is 9.43. The Morgan fingerprint density at radius 3 is 2.92 bits per heavy atom.